The highest BCUT2D eigenvalue weighted by atomic mass is 16.5. The van der Waals surface area contributed by atoms with Crippen LogP contribution < -0.4 is 10.6 Å². The number of aromatic nitrogens is 2. The second-order valence-electron chi connectivity index (χ2n) is 7.80. The third-order valence-electron chi connectivity index (χ3n) is 5.68. The summed E-state index contributed by atoms with van der Waals surface area (Å²) in [7, 11) is 2.83. The van der Waals surface area contributed by atoms with Crippen molar-refractivity contribution < 1.29 is 29.0 Å². The molecule has 0 fully saturated rings. The van der Waals surface area contributed by atoms with Crippen molar-refractivity contribution in [2.24, 2.45) is 7.05 Å². The molecule has 3 aromatic rings. The van der Waals surface area contributed by atoms with Crippen LogP contribution in [-0.2, 0) is 21.3 Å². The number of hydrogen-bond acceptors (Lipinski definition) is 6. The molecular weight excluding hydrogens is 440 g/mol. The van der Waals surface area contributed by atoms with Crippen molar-refractivity contribution in [2.75, 3.05) is 25.6 Å². The van der Waals surface area contributed by atoms with Gasteiger partial charge in [0.15, 0.2) is 5.69 Å². The molecule has 0 aliphatic heterocycles. The lowest BCUT2D eigenvalue weighted by Gasteiger charge is -2.19. The minimum absolute atomic E-state index is 0.00967. The van der Waals surface area contributed by atoms with Gasteiger partial charge in [-0.05, 0) is 22.3 Å². The fourth-order valence-corrected chi connectivity index (χ4v) is 4.13. The Hall–Kier alpha value is -4.18. The third-order valence-corrected chi connectivity index (χ3v) is 5.68. The molecule has 2 amide bonds. The van der Waals surface area contributed by atoms with Crippen LogP contribution in [0, 0.1) is 0 Å². The van der Waals surface area contributed by atoms with E-state index in [-0.39, 0.29) is 30.5 Å². The number of aryl methyl sites for hydroxylation is 1. The minimum Gasteiger partial charge on any atom is -0.476 e. The molecule has 176 valence electrons. The Balaban J connectivity index is 1.42. The third kappa shape index (κ3) is 4.48. The Labute approximate surface area is 195 Å². The van der Waals surface area contributed by atoms with Crippen LogP contribution in [0.2, 0.25) is 0 Å². The topological polar surface area (TPSA) is 132 Å². The number of carbonyl (C=O) groups is 3. The van der Waals surface area contributed by atoms with E-state index >= 15 is 0 Å². The van der Waals surface area contributed by atoms with Gasteiger partial charge in [-0.25, -0.2) is 9.59 Å². The number of alkyl carbamates (subject to hydrolysis) is 1. The second kappa shape index (κ2) is 9.75. The molecule has 1 unspecified atom stereocenters. The molecular formula is C24H24N4O6. The average Bonchev–Trinajstić information content (AvgIpc) is 3.35. The van der Waals surface area contributed by atoms with E-state index in [1.807, 2.05) is 48.5 Å². The maximum Gasteiger partial charge on any atom is 0.407 e. The number of fused-ring (bicyclic) bond motifs is 3. The van der Waals surface area contributed by atoms with Gasteiger partial charge in [-0.3, -0.25) is 9.48 Å². The molecule has 0 spiro atoms. The molecule has 4 rings (SSSR count). The van der Waals surface area contributed by atoms with E-state index in [4.69, 9.17) is 9.47 Å². The number of amides is 2. The van der Waals surface area contributed by atoms with E-state index in [0.29, 0.717) is 0 Å². The molecule has 1 atom stereocenters. The van der Waals surface area contributed by atoms with Gasteiger partial charge in [-0.15, -0.1) is 0 Å². The van der Waals surface area contributed by atoms with Gasteiger partial charge in [0.2, 0.25) is 5.91 Å². The van der Waals surface area contributed by atoms with Crippen molar-refractivity contribution in [2.45, 2.75) is 12.0 Å². The van der Waals surface area contributed by atoms with Crippen molar-refractivity contribution in [1.82, 2.24) is 15.1 Å². The smallest absolute Gasteiger partial charge is 0.407 e. The molecule has 0 saturated heterocycles. The fraction of sp³-hybridized carbons (Fsp3) is 0.250. The van der Waals surface area contributed by atoms with Crippen LogP contribution >= 0.6 is 0 Å². The molecule has 1 aromatic heterocycles. The number of carbonyl (C=O) groups excluding carboxylic acids is 2. The lowest BCUT2D eigenvalue weighted by atomic mass is 9.98. The molecule has 34 heavy (non-hydrogen) atoms. The highest BCUT2D eigenvalue weighted by Crippen LogP contribution is 2.44. The van der Waals surface area contributed by atoms with E-state index in [1.54, 1.807) is 0 Å². The van der Waals surface area contributed by atoms with E-state index in [1.165, 1.54) is 20.4 Å². The van der Waals surface area contributed by atoms with Crippen LogP contribution in [0.3, 0.4) is 0 Å². The van der Waals surface area contributed by atoms with Gasteiger partial charge in [0, 0.05) is 20.1 Å². The Kier molecular flexibility index (Phi) is 6.60. The summed E-state index contributed by atoms with van der Waals surface area (Å²) in [6, 6.07) is 14.8. The number of hydrogen-bond donors (Lipinski definition) is 3. The number of nitrogens with zero attached hydrogens (tertiary/aromatic N) is 2. The van der Waals surface area contributed by atoms with E-state index < -0.39 is 24.0 Å². The fourth-order valence-electron chi connectivity index (χ4n) is 4.13. The number of benzene rings is 2. The number of carboxylic acid groups (broad SMARTS) is 1. The molecule has 3 N–H and O–H groups in total. The van der Waals surface area contributed by atoms with Gasteiger partial charge in [-0.2, -0.15) is 5.10 Å². The molecule has 10 nitrogen and oxygen atoms in total. The lowest BCUT2D eigenvalue weighted by molar-refractivity contribution is -0.119. The Morgan fingerprint density at radius 2 is 1.71 bits per heavy atom. The standard InChI is InChI=1S/C24H24N4O6/c1-28-21(23(30)31)19(11-25-28)26-22(29)20(13-33-2)27-24(32)34-12-18-16-9-5-3-7-14(16)15-8-4-6-10-17(15)18/h3-11,18,20H,12-13H2,1-2H3,(H,26,29)(H,27,32)(H,30,31). The van der Waals surface area contributed by atoms with Crippen molar-refractivity contribution in [3.63, 3.8) is 0 Å². The van der Waals surface area contributed by atoms with Gasteiger partial charge >= 0.3 is 12.1 Å². The predicted molar refractivity (Wildman–Crippen MR) is 123 cm³/mol. The summed E-state index contributed by atoms with van der Waals surface area (Å²) in [6.45, 7) is -0.0500. The van der Waals surface area contributed by atoms with E-state index in [0.717, 1.165) is 26.9 Å². The summed E-state index contributed by atoms with van der Waals surface area (Å²) in [5, 5.41) is 18.1. The SMILES string of the molecule is COCC(NC(=O)OCC1c2ccccc2-c2ccccc21)C(=O)Nc1cnn(C)c1C(=O)O. The number of aromatic carboxylic acids is 1. The zero-order valence-corrected chi connectivity index (χ0v) is 18.6. The quantitative estimate of drug-likeness (QED) is 0.467. The summed E-state index contributed by atoms with van der Waals surface area (Å²) >= 11 is 0. The van der Waals surface area contributed by atoms with Crippen LogP contribution in [-0.4, -0.2) is 59.2 Å². The number of methoxy groups -OCH3 is 1. The van der Waals surface area contributed by atoms with Gasteiger partial charge in [0.25, 0.3) is 0 Å². The summed E-state index contributed by atoms with van der Waals surface area (Å²) in [4.78, 5) is 36.7. The van der Waals surface area contributed by atoms with Gasteiger partial charge < -0.3 is 25.2 Å². The van der Waals surface area contributed by atoms with Crippen LogP contribution in [0.5, 0.6) is 0 Å². The molecule has 1 aliphatic rings. The molecule has 2 aromatic carbocycles. The molecule has 0 radical (unpaired) electrons. The monoisotopic (exact) mass is 464 g/mol. The van der Waals surface area contributed by atoms with Crippen LogP contribution in [0.1, 0.15) is 27.5 Å². The Bertz CT molecular complexity index is 1190. The second-order valence-corrected chi connectivity index (χ2v) is 7.80. The molecule has 0 saturated carbocycles. The molecule has 0 bridgehead atoms. The highest BCUT2D eigenvalue weighted by molar-refractivity contribution is 6.02. The largest absolute Gasteiger partial charge is 0.476 e. The summed E-state index contributed by atoms with van der Waals surface area (Å²) in [5.41, 5.74) is 4.17. The zero-order valence-electron chi connectivity index (χ0n) is 18.6. The number of rotatable bonds is 8. The number of ether oxygens (including phenoxy) is 2. The first-order chi connectivity index (χ1) is 16.4. The van der Waals surface area contributed by atoms with E-state index in [9.17, 15) is 19.5 Å². The first-order valence-corrected chi connectivity index (χ1v) is 10.6. The van der Waals surface area contributed by atoms with Crippen molar-refractivity contribution in [1.29, 1.82) is 0 Å². The van der Waals surface area contributed by atoms with E-state index in [2.05, 4.69) is 15.7 Å². The predicted octanol–water partition coefficient (Wildman–Crippen LogP) is 2.61. The first-order valence-electron chi connectivity index (χ1n) is 10.6. The van der Waals surface area contributed by atoms with Gasteiger partial charge in [-0.1, -0.05) is 48.5 Å². The molecule has 10 heteroatoms. The normalized spacial score (nSPS) is 13.0. The maximum atomic E-state index is 12.7. The Morgan fingerprint density at radius 1 is 1.09 bits per heavy atom. The summed E-state index contributed by atoms with van der Waals surface area (Å²) < 4.78 is 11.7. The van der Waals surface area contributed by atoms with Crippen molar-refractivity contribution >= 4 is 23.7 Å². The zero-order chi connectivity index (χ0) is 24.2. The van der Waals surface area contributed by atoms with Crippen LogP contribution in [0.25, 0.3) is 11.1 Å². The van der Waals surface area contributed by atoms with Crippen LogP contribution in [0.15, 0.2) is 54.7 Å². The number of carboxylic acids is 1. The van der Waals surface area contributed by atoms with Gasteiger partial charge in [0.1, 0.15) is 12.6 Å². The van der Waals surface area contributed by atoms with Crippen LogP contribution in [0.4, 0.5) is 10.5 Å². The Morgan fingerprint density at radius 3 is 2.29 bits per heavy atom. The van der Waals surface area contributed by atoms with Gasteiger partial charge in [0.05, 0.1) is 18.5 Å². The van der Waals surface area contributed by atoms with Crippen molar-refractivity contribution in [3.05, 3.63) is 71.5 Å². The molecule has 1 heterocycles. The maximum absolute atomic E-state index is 12.7. The summed E-state index contributed by atoms with van der Waals surface area (Å²) in [5.74, 6) is -2.03. The first kappa shape index (κ1) is 23.0. The lowest BCUT2D eigenvalue weighted by Crippen LogP contribution is -2.47. The minimum atomic E-state index is -1.25. The number of nitrogens with one attached hydrogen (secondary N) is 2. The summed E-state index contributed by atoms with van der Waals surface area (Å²) in [6.07, 6.45) is 0.433. The number of anilines is 1. The van der Waals surface area contributed by atoms with Crippen molar-refractivity contribution in [3.8, 4) is 11.1 Å². The average molecular weight is 464 g/mol. The highest BCUT2D eigenvalue weighted by Gasteiger charge is 2.30. The molecule has 1 aliphatic carbocycles.